The number of hydrogen-bond acceptors (Lipinski definition) is 3. The molecule has 0 bridgehead atoms. The Labute approximate surface area is 101 Å². The Morgan fingerprint density at radius 1 is 1.29 bits per heavy atom. The van der Waals surface area contributed by atoms with Crippen molar-refractivity contribution in [3.63, 3.8) is 0 Å². The molecule has 3 heteroatoms. The number of nitrogens with one attached hydrogen (secondary N) is 1. The summed E-state index contributed by atoms with van der Waals surface area (Å²) in [6.07, 6.45) is 2.81. The average molecular weight is 225 g/mol. The van der Waals surface area contributed by atoms with Crippen molar-refractivity contribution < 1.29 is 0 Å². The van der Waals surface area contributed by atoms with Gasteiger partial charge in [0, 0.05) is 17.8 Å². The zero-order chi connectivity index (χ0) is 11.7. The van der Waals surface area contributed by atoms with Crippen LogP contribution in [0.4, 0.5) is 0 Å². The van der Waals surface area contributed by atoms with Gasteiger partial charge in [-0.2, -0.15) is 10.2 Å². The Bertz CT molecular complexity index is 522. The summed E-state index contributed by atoms with van der Waals surface area (Å²) in [5.74, 6) is 0. The van der Waals surface area contributed by atoms with Gasteiger partial charge < -0.3 is 5.32 Å². The third-order valence-corrected chi connectivity index (χ3v) is 3.33. The van der Waals surface area contributed by atoms with Crippen LogP contribution in [0.3, 0.4) is 0 Å². The van der Waals surface area contributed by atoms with Crippen molar-refractivity contribution in [2.45, 2.75) is 19.4 Å². The minimum Gasteiger partial charge on any atom is -0.310 e. The van der Waals surface area contributed by atoms with Crippen LogP contribution in [0, 0.1) is 0 Å². The maximum absolute atomic E-state index is 4.15. The standard InChI is InChI=1S/C14H15N3/c1-10-13-9-12(14-3-2-7-16-17-14)5-4-11(13)6-8-15-10/h2-5,7,9-10,15H,6,8H2,1H3. The summed E-state index contributed by atoms with van der Waals surface area (Å²) >= 11 is 0. The smallest absolute Gasteiger partial charge is 0.0929 e. The van der Waals surface area contributed by atoms with Crippen molar-refractivity contribution in [1.29, 1.82) is 0 Å². The fourth-order valence-corrected chi connectivity index (χ4v) is 2.37. The lowest BCUT2D eigenvalue weighted by Gasteiger charge is -2.24. The molecule has 0 aliphatic carbocycles. The maximum Gasteiger partial charge on any atom is 0.0929 e. The van der Waals surface area contributed by atoms with Gasteiger partial charge in [0.1, 0.15) is 0 Å². The van der Waals surface area contributed by atoms with E-state index in [0.29, 0.717) is 6.04 Å². The number of aromatic nitrogens is 2. The van der Waals surface area contributed by atoms with E-state index in [0.717, 1.165) is 24.2 Å². The van der Waals surface area contributed by atoms with Crippen LogP contribution in [0.5, 0.6) is 0 Å². The zero-order valence-electron chi connectivity index (χ0n) is 9.85. The molecule has 0 amide bonds. The van der Waals surface area contributed by atoms with E-state index in [2.05, 4.69) is 40.6 Å². The number of hydrogen-bond donors (Lipinski definition) is 1. The van der Waals surface area contributed by atoms with Crippen LogP contribution in [0.2, 0.25) is 0 Å². The highest BCUT2D eigenvalue weighted by Crippen LogP contribution is 2.27. The van der Waals surface area contributed by atoms with Gasteiger partial charge in [-0.25, -0.2) is 0 Å². The Morgan fingerprint density at radius 3 is 3.06 bits per heavy atom. The molecule has 1 unspecified atom stereocenters. The molecule has 1 aliphatic heterocycles. The number of rotatable bonds is 1. The molecule has 2 aromatic rings. The van der Waals surface area contributed by atoms with Gasteiger partial charge in [-0.3, -0.25) is 0 Å². The van der Waals surface area contributed by atoms with Gasteiger partial charge in [0.05, 0.1) is 5.69 Å². The second kappa shape index (κ2) is 4.26. The van der Waals surface area contributed by atoms with Crippen molar-refractivity contribution in [1.82, 2.24) is 15.5 Å². The van der Waals surface area contributed by atoms with Crippen LogP contribution >= 0.6 is 0 Å². The maximum atomic E-state index is 4.15. The van der Waals surface area contributed by atoms with E-state index in [9.17, 15) is 0 Å². The fourth-order valence-electron chi connectivity index (χ4n) is 2.37. The van der Waals surface area contributed by atoms with Crippen LogP contribution in [0.25, 0.3) is 11.3 Å². The van der Waals surface area contributed by atoms with E-state index >= 15 is 0 Å². The van der Waals surface area contributed by atoms with E-state index in [1.165, 1.54) is 11.1 Å². The molecular formula is C14H15N3. The molecule has 17 heavy (non-hydrogen) atoms. The molecule has 2 heterocycles. The van der Waals surface area contributed by atoms with E-state index in [-0.39, 0.29) is 0 Å². The van der Waals surface area contributed by atoms with Gasteiger partial charge in [0.15, 0.2) is 0 Å². The molecule has 0 saturated heterocycles. The molecule has 0 saturated carbocycles. The Kier molecular flexibility index (Phi) is 2.61. The minimum absolute atomic E-state index is 0.426. The number of nitrogens with zero attached hydrogens (tertiary/aromatic N) is 2. The second-order valence-electron chi connectivity index (χ2n) is 4.45. The van der Waals surface area contributed by atoms with Crippen molar-refractivity contribution in [2.24, 2.45) is 0 Å². The van der Waals surface area contributed by atoms with Crippen molar-refractivity contribution >= 4 is 0 Å². The van der Waals surface area contributed by atoms with Gasteiger partial charge in [0.25, 0.3) is 0 Å². The lowest BCUT2D eigenvalue weighted by atomic mass is 9.92. The van der Waals surface area contributed by atoms with Crippen LogP contribution < -0.4 is 5.32 Å². The van der Waals surface area contributed by atoms with Crippen LogP contribution in [0.1, 0.15) is 24.1 Å². The number of benzene rings is 1. The number of fused-ring (bicyclic) bond motifs is 1. The van der Waals surface area contributed by atoms with Gasteiger partial charge in [-0.1, -0.05) is 12.1 Å². The monoisotopic (exact) mass is 225 g/mol. The molecule has 1 aliphatic rings. The largest absolute Gasteiger partial charge is 0.310 e. The minimum atomic E-state index is 0.426. The summed E-state index contributed by atoms with van der Waals surface area (Å²) < 4.78 is 0. The van der Waals surface area contributed by atoms with Gasteiger partial charge in [-0.05, 0) is 49.2 Å². The summed E-state index contributed by atoms with van der Waals surface area (Å²) in [6.45, 7) is 3.27. The van der Waals surface area contributed by atoms with E-state index in [4.69, 9.17) is 0 Å². The first-order valence-corrected chi connectivity index (χ1v) is 5.99. The Morgan fingerprint density at radius 2 is 2.24 bits per heavy atom. The molecule has 0 spiro atoms. The molecule has 3 nitrogen and oxygen atoms in total. The molecule has 1 N–H and O–H groups in total. The molecule has 0 radical (unpaired) electrons. The molecule has 1 atom stereocenters. The molecule has 1 aromatic carbocycles. The molecule has 3 rings (SSSR count). The van der Waals surface area contributed by atoms with Crippen LogP contribution in [-0.2, 0) is 6.42 Å². The normalized spacial score (nSPS) is 18.8. The Balaban J connectivity index is 2.06. The third kappa shape index (κ3) is 1.94. The second-order valence-corrected chi connectivity index (χ2v) is 4.45. The predicted molar refractivity (Wildman–Crippen MR) is 67.6 cm³/mol. The highest BCUT2D eigenvalue weighted by atomic mass is 15.1. The summed E-state index contributed by atoms with van der Waals surface area (Å²) in [7, 11) is 0. The van der Waals surface area contributed by atoms with E-state index < -0.39 is 0 Å². The van der Waals surface area contributed by atoms with Gasteiger partial charge >= 0.3 is 0 Å². The summed E-state index contributed by atoms with van der Waals surface area (Å²) in [5, 5.41) is 11.6. The molecule has 0 fully saturated rings. The predicted octanol–water partition coefficient (Wildman–Crippen LogP) is 2.35. The molecule has 86 valence electrons. The molecular weight excluding hydrogens is 210 g/mol. The SMILES string of the molecule is CC1NCCc2ccc(-c3cccnn3)cc21. The molecule has 1 aromatic heterocycles. The summed E-state index contributed by atoms with van der Waals surface area (Å²) in [5.41, 5.74) is 4.92. The quantitative estimate of drug-likeness (QED) is 0.809. The zero-order valence-corrected chi connectivity index (χ0v) is 9.85. The lowest BCUT2D eigenvalue weighted by molar-refractivity contribution is 0.541. The van der Waals surface area contributed by atoms with Gasteiger partial charge in [-0.15, -0.1) is 0 Å². The van der Waals surface area contributed by atoms with E-state index in [1.807, 2.05) is 12.1 Å². The Hall–Kier alpha value is -1.74. The van der Waals surface area contributed by atoms with Gasteiger partial charge in [0.2, 0.25) is 0 Å². The highest BCUT2D eigenvalue weighted by Gasteiger charge is 2.16. The lowest BCUT2D eigenvalue weighted by Crippen LogP contribution is -2.27. The third-order valence-electron chi connectivity index (χ3n) is 3.33. The van der Waals surface area contributed by atoms with Crippen molar-refractivity contribution in [3.05, 3.63) is 47.7 Å². The van der Waals surface area contributed by atoms with Crippen LogP contribution in [-0.4, -0.2) is 16.7 Å². The topological polar surface area (TPSA) is 37.8 Å². The first kappa shape index (κ1) is 10.4. The van der Waals surface area contributed by atoms with Crippen molar-refractivity contribution in [3.8, 4) is 11.3 Å². The summed E-state index contributed by atoms with van der Waals surface area (Å²) in [4.78, 5) is 0. The first-order chi connectivity index (χ1) is 8.34. The summed E-state index contributed by atoms with van der Waals surface area (Å²) in [6, 6.07) is 10.9. The highest BCUT2D eigenvalue weighted by molar-refractivity contribution is 5.61. The first-order valence-electron chi connectivity index (χ1n) is 5.99. The average Bonchev–Trinajstić information content (AvgIpc) is 2.40. The van der Waals surface area contributed by atoms with Crippen molar-refractivity contribution in [2.75, 3.05) is 6.54 Å². The van der Waals surface area contributed by atoms with E-state index in [1.54, 1.807) is 6.20 Å². The van der Waals surface area contributed by atoms with Crippen LogP contribution in [0.15, 0.2) is 36.5 Å². The fraction of sp³-hybridized carbons (Fsp3) is 0.286.